The lowest BCUT2D eigenvalue weighted by atomic mass is 10.1. The zero-order valence-corrected chi connectivity index (χ0v) is 12.0. The van der Waals surface area contributed by atoms with E-state index in [1.807, 2.05) is 19.1 Å². The third kappa shape index (κ3) is 4.84. The zero-order valence-electron chi connectivity index (χ0n) is 10.5. The molecule has 0 atom stereocenters. The van der Waals surface area contributed by atoms with Gasteiger partial charge in [0.15, 0.2) is 0 Å². The van der Waals surface area contributed by atoms with Crippen molar-refractivity contribution in [1.82, 2.24) is 5.32 Å². The lowest BCUT2D eigenvalue weighted by molar-refractivity contribution is -0.00897. The van der Waals surface area contributed by atoms with Gasteiger partial charge in [0, 0.05) is 19.7 Å². The summed E-state index contributed by atoms with van der Waals surface area (Å²) in [6.45, 7) is 8.29. The van der Waals surface area contributed by atoms with Gasteiger partial charge in [-0.05, 0) is 32.4 Å². The minimum Gasteiger partial charge on any atom is -0.375 e. The molecule has 0 aliphatic heterocycles. The Hall–Kier alpha value is -0.280. The first-order valence-corrected chi connectivity index (χ1v) is 6.49. The molecule has 0 amide bonds. The lowest BCUT2D eigenvalue weighted by Gasteiger charge is -2.25. The van der Waals surface area contributed by atoms with E-state index in [2.05, 4.69) is 19.2 Å². The number of ether oxygens (including phenoxy) is 1. The van der Waals surface area contributed by atoms with Crippen LogP contribution in [0.4, 0.5) is 0 Å². The van der Waals surface area contributed by atoms with Crippen LogP contribution in [0.3, 0.4) is 0 Å². The van der Waals surface area contributed by atoms with Crippen LogP contribution in [0.1, 0.15) is 26.3 Å². The highest BCUT2D eigenvalue weighted by Crippen LogP contribution is 2.25. The summed E-state index contributed by atoms with van der Waals surface area (Å²) in [4.78, 5) is 0. The van der Waals surface area contributed by atoms with Crippen LogP contribution >= 0.6 is 23.2 Å². The number of halogens is 2. The molecule has 4 heteroatoms. The fourth-order valence-electron chi connectivity index (χ4n) is 1.62. The number of benzene rings is 1. The van der Waals surface area contributed by atoms with Crippen LogP contribution < -0.4 is 5.32 Å². The lowest BCUT2D eigenvalue weighted by Crippen LogP contribution is -2.37. The van der Waals surface area contributed by atoms with Gasteiger partial charge in [0.05, 0.1) is 15.6 Å². The highest BCUT2D eigenvalue weighted by atomic mass is 35.5. The maximum Gasteiger partial charge on any atom is 0.0750 e. The Morgan fingerprint density at radius 3 is 2.65 bits per heavy atom. The number of hydrogen-bond donors (Lipinski definition) is 1. The maximum atomic E-state index is 6.10. The molecule has 0 bridgehead atoms. The molecule has 2 nitrogen and oxygen atoms in total. The van der Waals surface area contributed by atoms with E-state index in [1.165, 1.54) is 0 Å². The summed E-state index contributed by atoms with van der Waals surface area (Å²) >= 11 is 12.0. The summed E-state index contributed by atoms with van der Waals surface area (Å²) in [5.41, 5.74) is 0.839. The smallest absolute Gasteiger partial charge is 0.0750 e. The van der Waals surface area contributed by atoms with Gasteiger partial charge in [0.1, 0.15) is 0 Å². The van der Waals surface area contributed by atoms with Crippen molar-refractivity contribution in [2.75, 3.05) is 13.2 Å². The van der Waals surface area contributed by atoms with E-state index in [0.717, 1.165) is 12.1 Å². The molecule has 1 aromatic carbocycles. The molecule has 0 aliphatic carbocycles. The fourth-order valence-corrected chi connectivity index (χ4v) is 2.01. The Kier molecular flexibility index (Phi) is 5.74. The van der Waals surface area contributed by atoms with E-state index in [1.54, 1.807) is 6.07 Å². The SMILES string of the molecule is CCOC(C)(C)CNCc1cccc(Cl)c1Cl. The van der Waals surface area contributed by atoms with E-state index in [0.29, 0.717) is 23.2 Å². The van der Waals surface area contributed by atoms with Crippen LogP contribution in [0.15, 0.2) is 18.2 Å². The average Bonchev–Trinajstić information content (AvgIpc) is 2.24. The van der Waals surface area contributed by atoms with Gasteiger partial charge >= 0.3 is 0 Å². The molecule has 1 rings (SSSR count). The third-order valence-electron chi connectivity index (χ3n) is 2.43. The number of rotatable bonds is 6. The largest absolute Gasteiger partial charge is 0.375 e. The molecule has 1 aromatic rings. The molecule has 96 valence electrons. The van der Waals surface area contributed by atoms with E-state index in [-0.39, 0.29) is 5.60 Å². The summed E-state index contributed by atoms with van der Waals surface area (Å²) in [7, 11) is 0. The molecule has 1 N–H and O–H groups in total. The summed E-state index contributed by atoms with van der Waals surface area (Å²) in [6, 6.07) is 5.66. The highest BCUT2D eigenvalue weighted by Gasteiger charge is 2.16. The molecule has 0 aromatic heterocycles. The van der Waals surface area contributed by atoms with Crippen LogP contribution in [-0.4, -0.2) is 18.8 Å². The third-order valence-corrected chi connectivity index (χ3v) is 3.29. The molecule has 0 saturated heterocycles. The Balaban J connectivity index is 2.49. The van der Waals surface area contributed by atoms with Crippen molar-refractivity contribution < 1.29 is 4.74 Å². The van der Waals surface area contributed by atoms with E-state index in [4.69, 9.17) is 27.9 Å². The van der Waals surface area contributed by atoms with Gasteiger partial charge in [-0.2, -0.15) is 0 Å². The first-order chi connectivity index (χ1) is 7.96. The monoisotopic (exact) mass is 275 g/mol. The van der Waals surface area contributed by atoms with Crippen molar-refractivity contribution >= 4 is 23.2 Å². The zero-order chi connectivity index (χ0) is 12.9. The molecule has 0 heterocycles. The van der Waals surface area contributed by atoms with Crippen LogP contribution in [-0.2, 0) is 11.3 Å². The van der Waals surface area contributed by atoms with E-state index < -0.39 is 0 Å². The second kappa shape index (κ2) is 6.60. The molecule has 17 heavy (non-hydrogen) atoms. The van der Waals surface area contributed by atoms with Gasteiger partial charge in [-0.1, -0.05) is 35.3 Å². The summed E-state index contributed by atoms with van der Waals surface area (Å²) in [5, 5.41) is 4.54. The van der Waals surface area contributed by atoms with Crippen molar-refractivity contribution in [3.8, 4) is 0 Å². The van der Waals surface area contributed by atoms with Crippen LogP contribution in [0.2, 0.25) is 10.0 Å². The molecule has 0 fully saturated rings. The molecular weight excluding hydrogens is 257 g/mol. The van der Waals surface area contributed by atoms with Crippen molar-refractivity contribution in [2.24, 2.45) is 0 Å². The van der Waals surface area contributed by atoms with Gasteiger partial charge in [-0.15, -0.1) is 0 Å². The summed E-state index contributed by atoms with van der Waals surface area (Å²) in [5.74, 6) is 0. The minimum atomic E-state index is -0.167. The van der Waals surface area contributed by atoms with Gasteiger partial charge in [-0.25, -0.2) is 0 Å². The van der Waals surface area contributed by atoms with Crippen LogP contribution in [0.5, 0.6) is 0 Å². The standard InChI is InChI=1S/C13H19Cl2NO/c1-4-17-13(2,3)9-16-8-10-6-5-7-11(14)12(10)15/h5-7,16H,4,8-9H2,1-3H3. The minimum absolute atomic E-state index is 0.167. The molecular formula is C13H19Cl2NO. The number of hydrogen-bond acceptors (Lipinski definition) is 2. The van der Waals surface area contributed by atoms with Crippen molar-refractivity contribution in [2.45, 2.75) is 32.9 Å². The first kappa shape index (κ1) is 14.8. The first-order valence-electron chi connectivity index (χ1n) is 5.74. The Morgan fingerprint density at radius 2 is 2.00 bits per heavy atom. The Morgan fingerprint density at radius 1 is 1.29 bits per heavy atom. The maximum absolute atomic E-state index is 6.10. The van der Waals surface area contributed by atoms with Gasteiger partial charge < -0.3 is 10.1 Å². The second-order valence-corrected chi connectivity index (χ2v) is 5.29. The van der Waals surface area contributed by atoms with Crippen molar-refractivity contribution in [3.63, 3.8) is 0 Å². The topological polar surface area (TPSA) is 21.3 Å². The quantitative estimate of drug-likeness (QED) is 0.850. The average molecular weight is 276 g/mol. The Labute approximate surface area is 113 Å². The van der Waals surface area contributed by atoms with Gasteiger partial charge in [0.25, 0.3) is 0 Å². The van der Waals surface area contributed by atoms with Crippen LogP contribution in [0, 0.1) is 0 Å². The van der Waals surface area contributed by atoms with Gasteiger partial charge in [-0.3, -0.25) is 0 Å². The van der Waals surface area contributed by atoms with Crippen LogP contribution in [0.25, 0.3) is 0 Å². The fraction of sp³-hybridized carbons (Fsp3) is 0.538. The second-order valence-electron chi connectivity index (χ2n) is 4.51. The normalized spacial score (nSPS) is 11.8. The molecule has 0 saturated carbocycles. The summed E-state index contributed by atoms with van der Waals surface area (Å²) < 4.78 is 5.60. The molecule has 0 radical (unpaired) electrons. The molecule has 0 spiro atoms. The van der Waals surface area contributed by atoms with Crippen molar-refractivity contribution in [1.29, 1.82) is 0 Å². The predicted molar refractivity (Wildman–Crippen MR) is 73.9 cm³/mol. The molecule has 0 unspecified atom stereocenters. The highest BCUT2D eigenvalue weighted by molar-refractivity contribution is 6.42. The van der Waals surface area contributed by atoms with Crippen molar-refractivity contribution in [3.05, 3.63) is 33.8 Å². The molecule has 0 aliphatic rings. The van der Waals surface area contributed by atoms with Gasteiger partial charge in [0.2, 0.25) is 0 Å². The van der Waals surface area contributed by atoms with E-state index in [9.17, 15) is 0 Å². The summed E-state index contributed by atoms with van der Waals surface area (Å²) in [6.07, 6.45) is 0. The Bertz CT molecular complexity index is 366. The predicted octanol–water partition coefficient (Wildman–Crippen LogP) is 3.90. The van der Waals surface area contributed by atoms with E-state index >= 15 is 0 Å². The number of nitrogens with one attached hydrogen (secondary N) is 1.